The van der Waals surface area contributed by atoms with Crippen LogP contribution in [-0.2, 0) is 0 Å². The van der Waals surface area contributed by atoms with Gasteiger partial charge in [-0.1, -0.05) is 0 Å². The summed E-state index contributed by atoms with van der Waals surface area (Å²) in [5, 5.41) is 6.20. The number of hydrogen-bond donors (Lipinski definition) is 2. The Morgan fingerprint density at radius 2 is 1.85 bits per heavy atom. The molecule has 1 aliphatic heterocycles. The fraction of sp³-hybridized carbons (Fsp3) is 0.917. The van der Waals surface area contributed by atoms with E-state index in [4.69, 9.17) is 0 Å². The number of aliphatic imine (C=N–C) groups is 1. The molecule has 0 bridgehead atoms. The lowest BCUT2D eigenvalue weighted by Gasteiger charge is -2.17. The van der Waals surface area contributed by atoms with Gasteiger partial charge in [-0.2, -0.15) is 13.2 Å². The monoisotopic (exact) mass is 408 g/mol. The average molecular weight is 408 g/mol. The molecule has 1 aliphatic rings. The third-order valence-electron chi connectivity index (χ3n) is 2.97. The van der Waals surface area contributed by atoms with Gasteiger partial charge in [0.2, 0.25) is 0 Å². The fourth-order valence-corrected chi connectivity index (χ4v) is 2.19. The second-order valence-corrected chi connectivity index (χ2v) is 4.75. The molecular weight excluding hydrogens is 384 g/mol. The Kier molecular flexibility index (Phi) is 9.52. The topological polar surface area (TPSA) is 39.7 Å². The molecule has 0 aliphatic carbocycles. The van der Waals surface area contributed by atoms with Gasteiger partial charge in [0.15, 0.2) is 5.96 Å². The van der Waals surface area contributed by atoms with E-state index < -0.39 is 12.7 Å². The molecule has 8 heteroatoms. The van der Waals surface area contributed by atoms with Crippen LogP contribution in [0.5, 0.6) is 0 Å². The van der Waals surface area contributed by atoms with Crippen LogP contribution in [0.15, 0.2) is 4.99 Å². The van der Waals surface area contributed by atoms with E-state index >= 15 is 0 Å². The van der Waals surface area contributed by atoms with E-state index in [1.165, 1.54) is 4.90 Å². The molecule has 0 aromatic carbocycles. The molecule has 0 saturated carbocycles. The minimum absolute atomic E-state index is 0. The Morgan fingerprint density at radius 1 is 1.25 bits per heavy atom. The Bertz CT molecular complexity index is 289. The van der Waals surface area contributed by atoms with Crippen molar-refractivity contribution in [3.63, 3.8) is 0 Å². The largest absolute Gasteiger partial charge is 0.401 e. The summed E-state index contributed by atoms with van der Waals surface area (Å²) in [6.45, 7) is 6.27. The first-order chi connectivity index (χ1) is 8.94. The standard InChI is InChI=1S/C12H23F3N4.HI/c1-3-16-11(17-4-2)18-7-10-5-6-19(8-10)9-12(13,14)15;/h10H,3-9H2,1-2H3,(H2,16,17,18);1H. The Labute approximate surface area is 135 Å². The van der Waals surface area contributed by atoms with Crippen LogP contribution in [0.3, 0.4) is 0 Å². The molecule has 20 heavy (non-hydrogen) atoms. The lowest BCUT2D eigenvalue weighted by molar-refractivity contribution is -0.143. The van der Waals surface area contributed by atoms with Crippen LogP contribution in [0.1, 0.15) is 20.3 Å². The quantitative estimate of drug-likeness (QED) is 0.416. The second kappa shape index (κ2) is 9.64. The SMILES string of the molecule is CCNC(=NCC1CCN(CC(F)(F)F)C1)NCC.I. The van der Waals surface area contributed by atoms with Crippen LogP contribution in [0, 0.1) is 5.92 Å². The molecule has 0 aromatic heterocycles. The lowest BCUT2D eigenvalue weighted by Crippen LogP contribution is -2.37. The highest BCUT2D eigenvalue weighted by molar-refractivity contribution is 14.0. The Morgan fingerprint density at radius 3 is 2.35 bits per heavy atom. The predicted molar refractivity (Wildman–Crippen MR) is 85.7 cm³/mol. The molecule has 1 heterocycles. The third-order valence-corrected chi connectivity index (χ3v) is 2.97. The zero-order valence-corrected chi connectivity index (χ0v) is 14.3. The first-order valence-electron chi connectivity index (χ1n) is 6.76. The minimum Gasteiger partial charge on any atom is -0.357 e. The molecule has 1 atom stereocenters. The normalized spacial score (nSPS) is 19.4. The zero-order valence-electron chi connectivity index (χ0n) is 12.0. The summed E-state index contributed by atoms with van der Waals surface area (Å²) < 4.78 is 36.8. The highest BCUT2D eigenvalue weighted by Gasteiger charge is 2.34. The van der Waals surface area contributed by atoms with E-state index in [0.29, 0.717) is 19.6 Å². The van der Waals surface area contributed by atoms with Crippen molar-refractivity contribution in [2.45, 2.75) is 26.4 Å². The van der Waals surface area contributed by atoms with Crippen molar-refractivity contribution in [1.82, 2.24) is 15.5 Å². The predicted octanol–water partition coefficient (Wildman–Crippen LogP) is 2.06. The van der Waals surface area contributed by atoms with Crippen LogP contribution in [0.4, 0.5) is 13.2 Å². The van der Waals surface area contributed by atoms with Gasteiger partial charge in [0.05, 0.1) is 6.54 Å². The van der Waals surface area contributed by atoms with Gasteiger partial charge in [-0.05, 0) is 32.7 Å². The maximum absolute atomic E-state index is 12.3. The van der Waals surface area contributed by atoms with E-state index in [2.05, 4.69) is 15.6 Å². The van der Waals surface area contributed by atoms with Gasteiger partial charge in [-0.3, -0.25) is 9.89 Å². The van der Waals surface area contributed by atoms with E-state index in [9.17, 15) is 13.2 Å². The van der Waals surface area contributed by atoms with Gasteiger partial charge in [0, 0.05) is 26.2 Å². The van der Waals surface area contributed by atoms with Crippen molar-refractivity contribution in [1.29, 1.82) is 0 Å². The number of halogens is 4. The van der Waals surface area contributed by atoms with Crippen molar-refractivity contribution in [3.8, 4) is 0 Å². The van der Waals surface area contributed by atoms with Crippen LogP contribution >= 0.6 is 24.0 Å². The van der Waals surface area contributed by atoms with Crippen molar-refractivity contribution >= 4 is 29.9 Å². The van der Waals surface area contributed by atoms with Gasteiger partial charge in [-0.15, -0.1) is 24.0 Å². The third kappa shape index (κ3) is 8.13. The molecule has 1 unspecified atom stereocenters. The Hall–Kier alpha value is -0.250. The summed E-state index contributed by atoms with van der Waals surface area (Å²) >= 11 is 0. The van der Waals surface area contributed by atoms with Gasteiger partial charge < -0.3 is 10.6 Å². The average Bonchev–Trinajstić information content (AvgIpc) is 2.72. The first-order valence-corrected chi connectivity index (χ1v) is 6.76. The molecular formula is C12H24F3IN4. The van der Waals surface area contributed by atoms with Crippen molar-refractivity contribution < 1.29 is 13.2 Å². The first kappa shape index (κ1) is 19.8. The van der Waals surface area contributed by atoms with Crippen molar-refractivity contribution in [2.75, 3.05) is 39.3 Å². The summed E-state index contributed by atoms with van der Waals surface area (Å²) in [5.41, 5.74) is 0. The maximum atomic E-state index is 12.3. The van der Waals surface area contributed by atoms with Crippen LogP contribution in [-0.4, -0.2) is 56.3 Å². The molecule has 0 radical (unpaired) electrons. The molecule has 0 aromatic rings. The number of nitrogens with one attached hydrogen (secondary N) is 2. The molecule has 4 nitrogen and oxygen atoms in total. The van der Waals surface area contributed by atoms with Crippen molar-refractivity contribution in [3.05, 3.63) is 0 Å². The number of hydrogen-bond acceptors (Lipinski definition) is 2. The zero-order chi connectivity index (χ0) is 14.3. The van der Waals surface area contributed by atoms with Crippen LogP contribution in [0.2, 0.25) is 0 Å². The molecule has 120 valence electrons. The summed E-state index contributed by atoms with van der Waals surface area (Å²) in [6, 6.07) is 0. The Balaban J connectivity index is 0.00000361. The van der Waals surface area contributed by atoms with Gasteiger partial charge in [-0.25, -0.2) is 0 Å². The number of likely N-dealkylation sites (tertiary alicyclic amines) is 1. The lowest BCUT2D eigenvalue weighted by atomic mass is 10.1. The highest BCUT2D eigenvalue weighted by Crippen LogP contribution is 2.22. The molecule has 0 spiro atoms. The highest BCUT2D eigenvalue weighted by atomic mass is 127. The number of nitrogens with zero attached hydrogens (tertiary/aromatic N) is 2. The summed E-state index contributed by atoms with van der Waals surface area (Å²) in [7, 11) is 0. The van der Waals surface area contributed by atoms with E-state index in [1.807, 2.05) is 13.8 Å². The van der Waals surface area contributed by atoms with E-state index in [-0.39, 0.29) is 29.9 Å². The molecule has 2 N–H and O–H groups in total. The van der Waals surface area contributed by atoms with Crippen LogP contribution in [0.25, 0.3) is 0 Å². The van der Waals surface area contributed by atoms with Gasteiger partial charge >= 0.3 is 6.18 Å². The molecule has 1 saturated heterocycles. The summed E-state index contributed by atoms with van der Waals surface area (Å²) in [5.74, 6) is 0.953. The summed E-state index contributed by atoms with van der Waals surface area (Å²) in [6.07, 6.45) is -3.32. The van der Waals surface area contributed by atoms with E-state index in [0.717, 1.165) is 25.5 Å². The molecule has 0 amide bonds. The van der Waals surface area contributed by atoms with Gasteiger partial charge in [0.25, 0.3) is 0 Å². The second-order valence-electron chi connectivity index (χ2n) is 4.75. The van der Waals surface area contributed by atoms with Crippen molar-refractivity contribution in [2.24, 2.45) is 10.9 Å². The molecule has 1 rings (SSSR count). The molecule has 1 fully saturated rings. The van der Waals surface area contributed by atoms with Gasteiger partial charge in [0.1, 0.15) is 0 Å². The number of rotatable bonds is 5. The smallest absolute Gasteiger partial charge is 0.357 e. The van der Waals surface area contributed by atoms with Crippen LogP contribution < -0.4 is 10.6 Å². The number of guanidine groups is 1. The maximum Gasteiger partial charge on any atom is 0.401 e. The number of alkyl halides is 3. The fourth-order valence-electron chi connectivity index (χ4n) is 2.19. The summed E-state index contributed by atoms with van der Waals surface area (Å²) in [4.78, 5) is 5.86. The van der Waals surface area contributed by atoms with E-state index in [1.54, 1.807) is 0 Å². The minimum atomic E-state index is -4.10.